The van der Waals surface area contributed by atoms with Crippen LogP contribution in [0.4, 0.5) is 17.1 Å². The molecule has 9 aromatic carbocycles. The third kappa shape index (κ3) is 5.23. The zero-order valence-corrected chi connectivity index (χ0v) is 32.6. The van der Waals surface area contributed by atoms with E-state index in [4.69, 9.17) is 9.15 Å². The van der Waals surface area contributed by atoms with E-state index >= 15 is 0 Å². The largest absolute Gasteiger partial charge is 0.455 e. The Morgan fingerprint density at radius 1 is 0.350 bits per heavy atom. The fourth-order valence-corrected chi connectivity index (χ4v) is 9.65. The van der Waals surface area contributed by atoms with Gasteiger partial charge in [-0.25, -0.2) is 0 Å². The molecule has 12 rings (SSSR count). The van der Waals surface area contributed by atoms with Gasteiger partial charge in [0.25, 0.3) is 0 Å². The van der Waals surface area contributed by atoms with Crippen LogP contribution in [-0.2, 0) is 5.41 Å². The topological polar surface area (TPSA) is 25.6 Å². The minimum atomic E-state index is -0.723. The van der Waals surface area contributed by atoms with Crippen molar-refractivity contribution < 1.29 is 9.15 Å². The number of fused-ring (bicyclic) bond motifs is 11. The summed E-state index contributed by atoms with van der Waals surface area (Å²) in [5.41, 5.74) is 16.0. The van der Waals surface area contributed by atoms with Crippen molar-refractivity contribution in [1.82, 2.24) is 0 Å². The van der Waals surface area contributed by atoms with E-state index in [-0.39, 0.29) is 0 Å². The van der Waals surface area contributed by atoms with E-state index in [0.717, 1.165) is 73.1 Å². The van der Waals surface area contributed by atoms with Crippen molar-refractivity contribution in [3.8, 4) is 56.0 Å². The summed E-state index contributed by atoms with van der Waals surface area (Å²) in [6.07, 6.45) is 0. The number of ether oxygens (including phenoxy) is 1. The molecule has 0 N–H and O–H groups in total. The Hall–Kier alpha value is -7.88. The van der Waals surface area contributed by atoms with Gasteiger partial charge in [-0.3, -0.25) is 0 Å². The highest BCUT2D eigenvalue weighted by Gasteiger charge is 2.54. The van der Waals surface area contributed by atoms with Crippen LogP contribution >= 0.6 is 0 Å². The summed E-state index contributed by atoms with van der Waals surface area (Å²) >= 11 is 0. The van der Waals surface area contributed by atoms with Gasteiger partial charge in [0.15, 0.2) is 11.5 Å². The van der Waals surface area contributed by atoms with Crippen LogP contribution in [0.1, 0.15) is 22.5 Å². The van der Waals surface area contributed by atoms with Gasteiger partial charge in [-0.2, -0.15) is 0 Å². The van der Waals surface area contributed by atoms with Gasteiger partial charge in [-0.1, -0.05) is 164 Å². The standard InChI is InChI=1S/C57H37NO2/c1-4-17-38(18-5-1)41-23-16-24-44(34-41)58(46-35-42(39-19-6-2-7-20-39)33-43(36-46)40-21-8-3-9-22-40)45-31-32-51-49(37-45)47-25-10-12-27-50(47)57(51)52-28-13-15-30-54(52)59-55-48-26-11-14-29-53(48)60-56(55)57/h1-37H. The molecule has 2 aliphatic rings. The summed E-state index contributed by atoms with van der Waals surface area (Å²) in [5.74, 6) is 2.44. The zero-order valence-electron chi connectivity index (χ0n) is 32.6. The smallest absolute Gasteiger partial charge is 0.178 e. The van der Waals surface area contributed by atoms with E-state index in [1.54, 1.807) is 0 Å². The van der Waals surface area contributed by atoms with Gasteiger partial charge in [0.2, 0.25) is 0 Å². The van der Waals surface area contributed by atoms with E-state index in [1.807, 2.05) is 12.1 Å². The number of hydrogen-bond acceptors (Lipinski definition) is 3. The third-order valence-corrected chi connectivity index (χ3v) is 12.3. The van der Waals surface area contributed by atoms with Gasteiger partial charge in [0.05, 0.1) is 5.39 Å². The quantitative estimate of drug-likeness (QED) is 0.168. The molecule has 0 radical (unpaired) electrons. The molecule has 10 aromatic rings. The van der Waals surface area contributed by atoms with E-state index < -0.39 is 5.41 Å². The molecule has 1 unspecified atom stereocenters. The molecule has 0 fully saturated rings. The summed E-state index contributed by atoms with van der Waals surface area (Å²) in [7, 11) is 0. The molecule has 0 amide bonds. The molecular formula is C57H37NO2. The normalized spacial score (nSPS) is 14.5. The molecule has 282 valence electrons. The lowest BCUT2D eigenvalue weighted by molar-refractivity contribution is 0.389. The van der Waals surface area contributed by atoms with Crippen LogP contribution in [-0.4, -0.2) is 0 Å². The number of anilines is 3. The Morgan fingerprint density at radius 3 is 1.63 bits per heavy atom. The summed E-state index contributed by atoms with van der Waals surface area (Å²) in [5, 5.41) is 0.973. The Bertz CT molecular complexity index is 3180. The molecule has 60 heavy (non-hydrogen) atoms. The second-order valence-electron chi connectivity index (χ2n) is 15.6. The van der Waals surface area contributed by atoms with E-state index in [2.05, 4.69) is 217 Å². The first-order valence-electron chi connectivity index (χ1n) is 20.5. The molecule has 0 saturated heterocycles. The molecule has 1 aliphatic heterocycles. The van der Waals surface area contributed by atoms with Crippen LogP contribution in [0.15, 0.2) is 229 Å². The summed E-state index contributed by atoms with van der Waals surface area (Å²) < 4.78 is 13.7. The molecule has 0 bridgehead atoms. The molecule has 1 aromatic heterocycles. The minimum absolute atomic E-state index is 0.723. The number of nitrogens with zero attached hydrogens (tertiary/aromatic N) is 1. The van der Waals surface area contributed by atoms with Gasteiger partial charge in [0.1, 0.15) is 16.7 Å². The fourth-order valence-electron chi connectivity index (χ4n) is 9.65. The van der Waals surface area contributed by atoms with Gasteiger partial charge < -0.3 is 14.1 Å². The lowest BCUT2D eigenvalue weighted by atomic mass is 9.69. The molecule has 1 spiro atoms. The molecule has 1 aliphatic carbocycles. The average Bonchev–Trinajstić information content (AvgIpc) is 3.84. The fraction of sp³-hybridized carbons (Fsp3) is 0.0175. The maximum atomic E-state index is 6.95. The predicted octanol–water partition coefficient (Wildman–Crippen LogP) is 15.4. The Labute approximate surface area is 349 Å². The maximum Gasteiger partial charge on any atom is 0.178 e. The molecule has 0 saturated carbocycles. The molecule has 2 heterocycles. The Morgan fingerprint density at radius 2 is 0.900 bits per heavy atom. The van der Waals surface area contributed by atoms with Gasteiger partial charge in [0, 0.05) is 22.6 Å². The monoisotopic (exact) mass is 767 g/mol. The van der Waals surface area contributed by atoms with E-state index in [9.17, 15) is 0 Å². The molecule has 3 heteroatoms. The van der Waals surface area contributed by atoms with Crippen LogP contribution in [0.5, 0.6) is 11.5 Å². The van der Waals surface area contributed by atoms with E-state index in [1.165, 1.54) is 33.4 Å². The summed E-state index contributed by atoms with van der Waals surface area (Å²) in [6, 6.07) is 80.4. The SMILES string of the molecule is c1ccc(-c2cccc(N(c3cc(-c4ccccc4)cc(-c4ccccc4)c3)c3ccc4c(c3)-c3ccccc3C43c4ccccc4Oc4c3oc3ccccc43)c2)cc1. The first-order chi connectivity index (χ1) is 29.7. The second-order valence-corrected chi connectivity index (χ2v) is 15.6. The van der Waals surface area contributed by atoms with Crippen molar-refractivity contribution in [2.75, 3.05) is 4.90 Å². The summed E-state index contributed by atoms with van der Waals surface area (Å²) in [6.45, 7) is 0. The lowest BCUT2D eigenvalue weighted by Gasteiger charge is -2.36. The van der Waals surface area contributed by atoms with Gasteiger partial charge in [-0.05, 0) is 116 Å². The van der Waals surface area contributed by atoms with Crippen LogP contribution in [0.2, 0.25) is 0 Å². The predicted molar refractivity (Wildman–Crippen MR) is 245 cm³/mol. The lowest BCUT2D eigenvalue weighted by Crippen LogP contribution is -2.31. The van der Waals surface area contributed by atoms with Crippen molar-refractivity contribution in [1.29, 1.82) is 0 Å². The highest BCUT2D eigenvalue weighted by atomic mass is 16.5. The number of benzene rings is 9. The van der Waals surface area contributed by atoms with Gasteiger partial charge in [-0.15, -0.1) is 0 Å². The molecular weight excluding hydrogens is 731 g/mol. The van der Waals surface area contributed by atoms with Crippen molar-refractivity contribution >= 4 is 28.0 Å². The first kappa shape index (κ1) is 34.2. The number of rotatable bonds is 6. The van der Waals surface area contributed by atoms with Crippen molar-refractivity contribution in [3.05, 3.63) is 247 Å². The highest BCUT2D eigenvalue weighted by Crippen LogP contribution is 2.64. The van der Waals surface area contributed by atoms with Crippen molar-refractivity contribution in [3.63, 3.8) is 0 Å². The van der Waals surface area contributed by atoms with Crippen molar-refractivity contribution in [2.24, 2.45) is 0 Å². The summed E-state index contributed by atoms with van der Waals surface area (Å²) in [4.78, 5) is 2.42. The number of furan rings is 1. The van der Waals surface area contributed by atoms with Crippen LogP contribution in [0, 0.1) is 0 Å². The minimum Gasteiger partial charge on any atom is -0.455 e. The van der Waals surface area contributed by atoms with Crippen LogP contribution in [0.3, 0.4) is 0 Å². The average molecular weight is 768 g/mol. The molecule has 1 atom stereocenters. The van der Waals surface area contributed by atoms with Crippen molar-refractivity contribution in [2.45, 2.75) is 5.41 Å². The Balaban J connectivity index is 1.13. The van der Waals surface area contributed by atoms with E-state index in [0.29, 0.717) is 0 Å². The van der Waals surface area contributed by atoms with Crippen LogP contribution < -0.4 is 9.64 Å². The molecule has 3 nitrogen and oxygen atoms in total. The Kier molecular flexibility index (Phi) is 7.76. The third-order valence-electron chi connectivity index (χ3n) is 12.3. The number of para-hydroxylation sites is 2. The number of hydrogen-bond donors (Lipinski definition) is 0. The van der Waals surface area contributed by atoms with Gasteiger partial charge >= 0.3 is 0 Å². The second kappa shape index (κ2) is 13.6. The zero-order chi connectivity index (χ0) is 39.6. The first-order valence-corrected chi connectivity index (χ1v) is 20.5. The maximum absolute atomic E-state index is 6.95. The highest BCUT2D eigenvalue weighted by molar-refractivity contribution is 5.96. The van der Waals surface area contributed by atoms with Crippen LogP contribution in [0.25, 0.3) is 55.5 Å².